The fourth-order valence-electron chi connectivity index (χ4n) is 3.49. The Morgan fingerprint density at radius 2 is 1.13 bits per heavy atom. The van der Waals surface area contributed by atoms with Gasteiger partial charge in [-0.25, -0.2) is 0 Å². The Balaban J connectivity index is 0.000000617. The number of allylic oxidation sites excluding steroid dienone is 2. The molecule has 0 nitrogen and oxygen atoms in total. The van der Waals surface area contributed by atoms with Gasteiger partial charge in [-0.05, 0) is 0 Å². The molecule has 0 saturated carbocycles. The quantitative estimate of drug-likeness (QED) is 0.681. The normalized spacial score (nSPS) is 19.2. The molecule has 0 aliphatic heterocycles. The summed E-state index contributed by atoms with van der Waals surface area (Å²) in [5, 5.41) is 0. The zero-order chi connectivity index (χ0) is 15.5. The first kappa shape index (κ1) is 18.2. The van der Waals surface area contributed by atoms with Crippen molar-refractivity contribution in [3.05, 3.63) is 96.1 Å². The van der Waals surface area contributed by atoms with Crippen molar-refractivity contribution in [2.45, 2.75) is 11.9 Å². The third-order valence-corrected chi connectivity index (χ3v) is 11.9. The van der Waals surface area contributed by atoms with E-state index in [0.29, 0.717) is 0 Å². The summed E-state index contributed by atoms with van der Waals surface area (Å²) in [5.74, 6) is 0. The van der Waals surface area contributed by atoms with E-state index in [1.807, 2.05) is 0 Å². The van der Waals surface area contributed by atoms with E-state index in [1.54, 1.807) is 11.1 Å². The fraction of sp³-hybridized carbons (Fsp3) is 0.143. The smallest absolute Gasteiger partial charge is 1.00 e. The standard InChI is InChI=1S/2C9H7.C2H4.CH3.ClH.Zr/c2*1-2-5-9-7-3-6-8(9)4-1;1-2;;;/h2*1-7H;1-2H2;1H3;1H;/q;;;;;+1/p-1. The van der Waals surface area contributed by atoms with Gasteiger partial charge in [0.1, 0.15) is 0 Å². The van der Waals surface area contributed by atoms with Gasteiger partial charge in [-0.1, -0.05) is 0 Å². The molecule has 2 aromatic carbocycles. The number of benzene rings is 2. The molecule has 2 unspecified atom stereocenters. The number of fused-ring (bicyclic) bond motifs is 2. The molecule has 23 heavy (non-hydrogen) atoms. The molecule has 0 aromatic heterocycles. The maximum atomic E-state index is 3.00. The first-order chi connectivity index (χ1) is 10.8. The van der Waals surface area contributed by atoms with Gasteiger partial charge in [0.15, 0.2) is 0 Å². The van der Waals surface area contributed by atoms with Crippen molar-refractivity contribution in [2.75, 3.05) is 0 Å². The zero-order valence-corrected chi connectivity index (χ0v) is 16.6. The maximum Gasteiger partial charge on any atom is -1.00 e. The van der Waals surface area contributed by atoms with Crippen LogP contribution in [0.3, 0.4) is 0 Å². The van der Waals surface area contributed by atoms with E-state index < -0.39 is 21.8 Å². The maximum absolute atomic E-state index is 3.00. The van der Waals surface area contributed by atoms with E-state index in [-0.39, 0.29) is 12.4 Å². The van der Waals surface area contributed by atoms with Gasteiger partial charge >= 0.3 is 129 Å². The van der Waals surface area contributed by atoms with Crippen LogP contribution in [0.4, 0.5) is 0 Å². The van der Waals surface area contributed by atoms with Gasteiger partial charge in [0.25, 0.3) is 0 Å². The minimum absolute atomic E-state index is 0. The van der Waals surface area contributed by atoms with Crippen LogP contribution in [0.15, 0.2) is 73.8 Å². The molecule has 2 aliphatic carbocycles. The van der Waals surface area contributed by atoms with Crippen LogP contribution in [0.2, 0.25) is 4.63 Å². The Bertz CT molecular complexity index is 671. The van der Waals surface area contributed by atoms with Crippen LogP contribution in [0.1, 0.15) is 29.5 Å². The molecule has 4 rings (SSSR count). The van der Waals surface area contributed by atoms with Crippen LogP contribution in [-0.4, -0.2) is 0 Å². The van der Waals surface area contributed by atoms with Crippen molar-refractivity contribution < 1.29 is 34.2 Å². The molecule has 116 valence electrons. The average molecular weight is 400 g/mol. The summed E-state index contributed by atoms with van der Waals surface area (Å²) in [6, 6.07) is 17.8. The summed E-state index contributed by atoms with van der Waals surface area (Å²) in [6.45, 7) is 6.00. The largest absolute Gasteiger partial charge is 1.00 e. The van der Waals surface area contributed by atoms with Gasteiger partial charge in [-0.15, -0.1) is 13.2 Å². The Hall–Kier alpha value is -1.17. The molecule has 0 saturated heterocycles. The summed E-state index contributed by atoms with van der Waals surface area (Å²) in [4.78, 5) is 0. The Kier molecular flexibility index (Phi) is 6.39. The van der Waals surface area contributed by atoms with Crippen LogP contribution < -0.4 is 12.4 Å². The van der Waals surface area contributed by atoms with Gasteiger partial charge < -0.3 is 12.4 Å². The average Bonchev–Trinajstić information content (AvgIpc) is 3.20. The number of hydrogen-bond donors (Lipinski definition) is 0. The second-order valence-electron chi connectivity index (χ2n) is 5.68. The van der Waals surface area contributed by atoms with Crippen LogP contribution in [0.25, 0.3) is 12.2 Å². The van der Waals surface area contributed by atoms with Gasteiger partial charge in [-0.3, -0.25) is 0 Å². The third kappa shape index (κ3) is 3.37. The molecule has 0 bridgehead atoms. The Morgan fingerprint density at radius 1 is 0.739 bits per heavy atom. The second kappa shape index (κ2) is 8.09. The van der Waals surface area contributed by atoms with Crippen molar-refractivity contribution >= 4 is 12.2 Å². The molecular formula is C21H21ClZr. The first-order valence-electron chi connectivity index (χ1n) is 7.72. The number of halogens is 1. The first-order valence-corrected chi connectivity index (χ1v) is 13.0. The van der Waals surface area contributed by atoms with E-state index in [2.05, 4.69) is 90.6 Å². The minimum Gasteiger partial charge on any atom is -1.00 e. The topological polar surface area (TPSA) is 0 Å². The van der Waals surface area contributed by atoms with Gasteiger partial charge in [-0.2, -0.15) is 0 Å². The summed E-state index contributed by atoms with van der Waals surface area (Å²) in [6.07, 6.45) is 9.59. The summed E-state index contributed by atoms with van der Waals surface area (Å²) in [7, 11) is 0. The van der Waals surface area contributed by atoms with Gasteiger partial charge in [0, 0.05) is 0 Å². The van der Waals surface area contributed by atoms with Crippen molar-refractivity contribution in [2.24, 2.45) is 0 Å². The van der Waals surface area contributed by atoms with Crippen LogP contribution in [0.5, 0.6) is 0 Å². The molecule has 2 atom stereocenters. The predicted octanol–water partition coefficient (Wildman–Crippen LogP) is 3.00. The summed E-state index contributed by atoms with van der Waals surface area (Å²) in [5.41, 5.74) is 6.02. The van der Waals surface area contributed by atoms with Crippen LogP contribution in [-0.2, 0) is 21.8 Å². The van der Waals surface area contributed by atoms with Crippen LogP contribution in [0, 0.1) is 0 Å². The molecular weight excluding hydrogens is 379 g/mol. The zero-order valence-electron chi connectivity index (χ0n) is 13.4. The van der Waals surface area contributed by atoms with E-state index in [9.17, 15) is 0 Å². The molecule has 0 amide bonds. The minimum atomic E-state index is -1.60. The van der Waals surface area contributed by atoms with Gasteiger partial charge in [0.05, 0.1) is 0 Å². The van der Waals surface area contributed by atoms with Crippen molar-refractivity contribution in [3.63, 3.8) is 0 Å². The SMILES string of the molecule is C=C.[CH3][Zr+]([CH]1C=Cc2ccccc21)[CH]1C=Cc2ccccc21.[Cl-]. The molecule has 0 spiro atoms. The summed E-state index contributed by atoms with van der Waals surface area (Å²) < 4.78 is 4.04. The molecule has 0 N–H and O–H groups in total. The molecule has 2 heteroatoms. The van der Waals surface area contributed by atoms with Crippen molar-refractivity contribution in [1.82, 2.24) is 0 Å². The Labute approximate surface area is 153 Å². The van der Waals surface area contributed by atoms with Gasteiger partial charge in [0.2, 0.25) is 0 Å². The van der Waals surface area contributed by atoms with E-state index in [0.717, 1.165) is 7.25 Å². The van der Waals surface area contributed by atoms with E-state index >= 15 is 0 Å². The van der Waals surface area contributed by atoms with Crippen LogP contribution >= 0.6 is 0 Å². The molecule has 2 aromatic rings. The third-order valence-electron chi connectivity index (χ3n) is 4.58. The predicted molar refractivity (Wildman–Crippen MR) is 93.6 cm³/mol. The van der Waals surface area contributed by atoms with E-state index in [1.165, 1.54) is 11.1 Å². The van der Waals surface area contributed by atoms with Crippen molar-refractivity contribution in [3.8, 4) is 0 Å². The molecule has 0 radical (unpaired) electrons. The second-order valence-corrected chi connectivity index (χ2v) is 12.4. The number of rotatable bonds is 2. The Morgan fingerprint density at radius 3 is 1.57 bits per heavy atom. The monoisotopic (exact) mass is 398 g/mol. The molecule has 0 heterocycles. The van der Waals surface area contributed by atoms with Crippen molar-refractivity contribution in [1.29, 1.82) is 0 Å². The van der Waals surface area contributed by atoms with E-state index in [4.69, 9.17) is 0 Å². The molecule has 2 aliphatic rings. The molecule has 0 fully saturated rings. The fourth-order valence-corrected chi connectivity index (χ4v) is 10.1. The summed E-state index contributed by atoms with van der Waals surface area (Å²) >= 11 is -1.60. The number of hydrogen-bond acceptors (Lipinski definition) is 0.